The van der Waals surface area contributed by atoms with E-state index in [1.165, 1.54) is 35.4 Å². The third-order valence-corrected chi connectivity index (χ3v) is 4.97. The van der Waals surface area contributed by atoms with Crippen molar-refractivity contribution in [3.63, 3.8) is 0 Å². The molecular formula is C21H25FN2O4. The van der Waals surface area contributed by atoms with Crippen molar-refractivity contribution in [2.75, 3.05) is 13.1 Å². The molecule has 6 nitrogen and oxygen atoms in total. The lowest BCUT2D eigenvalue weighted by molar-refractivity contribution is -0.111. The minimum absolute atomic E-state index is 0.0429. The van der Waals surface area contributed by atoms with Crippen molar-refractivity contribution in [2.45, 2.75) is 38.4 Å². The number of H-pyrrole nitrogens is 1. The molecular weight excluding hydrogens is 363 g/mol. The van der Waals surface area contributed by atoms with Crippen LogP contribution < -0.4 is 10.3 Å². The predicted molar refractivity (Wildman–Crippen MR) is 103 cm³/mol. The quantitative estimate of drug-likeness (QED) is 0.825. The van der Waals surface area contributed by atoms with Gasteiger partial charge in [0.25, 0.3) is 11.5 Å². The number of carbonyl (C=O) groups is 1. The topological polar surface area (TPSA) is 82.6 Å². The van der Waals surface area contributed by atoms with Crippen molar-refractivity contribution >= 4 is 5.91 Å². The number of piperidine rings is 1. The Morgan fingerprint density at radius 1 is 1.39 bits per heavy atom. The lowest BCUT2D eigenvalue weighted by Crippen LogP contribution is -2.59. The molecule has 1 saturated heterocycles. The van der Waals surface area contributed by atoms with Crippen LogP contribution >= 0.6 is 0 Å². The fourth-order valence-electron chi connectivity index (χ4n) is 3.69. The van der Waals surface area contributed by atoms with Gasteiger partial charge < -0.3 is 19.7 Å². The monoisotopic (exact) mass is 388 g/mol. The molecule has 0 aliphatic carbocycles. The van der Waals surface area contributed by atoms with Gasteiger partial charge in [-0.1, -0.05) is 19.9 Å². The number of pyridine rings is 1. The summed E-state index contributed by atoms with van der Waals surface area (Å²) in [5.74, 6) is -0.354. The smallest absolute Gasteiger partial charge is 0.260 e. The van der Waals surface area contributed by atoms with Gasteiger partial charge in [-0.3, -0.25) is 9.59 Å². The molecule has 0 saturated carbocycles. The molecule has 2 atom stereocenters. The third-order valence-electron chi connectivity index (χ3n) is 4.97. The van der Waals surface area contributed by atoms with Gasteiger partial charge in [0.05, 0.1) is 6.54 Å². The second-order valence-corrected chi connectivity index (χ2v) is 7.68. The molecule has 0 bridgehead atoms. The molecule has 0 spiro atoms. The summed E-state index contributed by atoms with van der Waals surface area (Å²) < 4.78 is 19.5. The van der Waals surface area contributed by atoms with E-state index in [4.69, 9.17) is 4.74 Å². The Bertz CT molecular complexity index is 898. The van der Waals surface area contributed by atoms with Crippen LogP contribution in [0, 0.1) is 11.7 Å². The number of amides is 1. The van der Waals surface area contributed by atoms with E-state index in [1.807, 2.05) is 13.8 Å². The molecule has 1 aliphatic rings. The van der Waals surface area contributed by atoms with Crippen LogP contribution in [-0.2, 0) is 0 Å². The van der Waals surface area contributed by atoms with Crippen LogP contribution in [0.2, 0.25) is 0 Å². The first-order valence-electron chi connectivity index (χ1n) is 9.40. The van der Waals surface area contributed by atoms with Crippen LogP contribution in [0.1, 0.15) is 37.0 Å². The number of halogens is 1. The van der Waals surface area contributed by atoms with Gasteiger partial charge in [-0.15, -0.1) is 0 Å². The second-order valence-electron chi connectivity index (χ2n) is 7.68. The summed E-state index contributed by atoms with van der Waals surface area (Å²) in [7, 11) is 0. The summed E-state index contributed by atoms with van der Waals surface area (Å²) in [5, 5.41) is 11.2. The maximum absolute atomic E-state index is 13.5. The zero-order chi connectivity index (χ0) is 20.3. The van der Waals surface area contributed by atoms with Gasteiger partial charge in [0.2, 0.25) is 0 Å². The molecule has 150 valence electrons. The molecule has 1 amide bonds. The first-order valence-corrected chi connectivity index (χ1v) is 9.40. The Labute approximate surface area is 163 Å². The summed E-state index contributed by atoms with van der Waals surface area (Å²) in [4.78, 5) is 28.8. The third kappa shape index (κ3) is 4.42. The number of nitrogens with zero attached hydrogens (tertiary/aromatic N) is 1. The van der Waals surface area contributed by atoms with Gasteiger partial charge in [-0.25, -0.2) is 4.39 Å². The molecule has 1 aliphatic heterocycles. The van der Waals surface area contributed by atoms with Crippen molar-refractivity contribution in [2.24, 2.45) is 5.92 Å². The number of ether oxygens (including phenoxy) is 1. The average Bonchev–Trinajstić information content (AvgIpc) is 2.63. The van der Waals surface area contributed by atoms with Gasteiger partial charge in [0, 0.05) is 18.8 Å². The SMILES string of the molecule is CC(C)C[C@]1(O)CCN(C(=O)c2ccc[nH]c2=O)C[C@@H]1Oc1cccc(F)c1. The first-order chi connectivity index (χ1) is 13.3. The molecule has 1 aromatic heterocycles. The van der Waals surface area contributed by atoms with Gasteiger partial charge in [0.1, 0.15) is 28.8 Å². The molecule has 2 aromatic rings. The summed E-state index contributed by atoms with van der Waals surface area (Å²) in [6, 6.07) is 8.76. The van der Waals surface area contributed by atoms with Crippen molar-refractivity contribution in [1.29, 1.82) is 0 Å². The highest BCUT2D eigenvalue weighted by atomic mass is 19.1. The number of aromatic nitrogens is 1. The van der Waals surface area contributed by atoms with E-state index in [0.717, 1.165) is 0 Å². The van der Waals surface area contributed by atoms with E-state index in [0.29, 0.717) is 25.1 Å². The molecule has 0 radical (unpaired) electrons. The van der Waals surface area contributed by atoms with Crippen LogP contribution in [0.4, 0.5) is 4.39 Å². The Hall–Kier alpha value is -2.67. The second kappa shape index (κ2) is 8.14. The van der Waals surface area contributed by atoms with Gasteiger partial charge in [-0.2, -0.15) is 0 Å². The van der Waals surface area contributed by atoms with Crippen molar-refractivity contribution in [1.82, 2.24) is 9.88 Å². The first kappa shape index (κ1) is 20.1. The number of aromatic amines is 1. The zero-order valence-corrected chi connectivity index (χ0v) is 16.0. The van der Waals surface area contributed by atoms with Crippen LogP contribution in [0.25, 0.3) is 0 Å². The number of aliphatic hydroxyl groups is 1. The van der Waals surface area contributed by atoms with E-state index < -0.39 is 29.0 Å². The maximum Gasteiger partial charge on any atom is 0.260 e. The Morgan fingerprint density at radius 2 is 2.18 bits per heavy atom. The van der Waals surface area contributed by atoms with Gasteiger partial charge >= 0.3 is 0 Å². The molecule has 7 heteroatoms. The Kier molecular flexibility index (Phi) is 5.84. The lowest BCUT2D eigenvalue weighted by atomic mass is 9.81. The highest BCUT2D eigenvalue weighted by Gasteiger charge is 2.45. The number of nitrogens with one attached hydrogen (secondary N) is 1. The van der Waals surface area contributed by atoms with Crippen LogP contribution in [0.3, 0.4) is 0 Å². The predicted octanol–water partition coefficient (Wildman–Crippen LogP) is 2.58. The molecule has 0 unspecified atom stereocenters. The fourth-order valence-corrected chi connectivity index (χ4v) is 3.69. The fraction of sp³-hybridized carbons (Fsp3) is 0.429. The summed E-state index contributed by atoms with van der Waals surface area (Å²) in [6.45, 7) is 4.41. The highest BCUT2D eigenvalue weighted by Crippen LogP contribution is 2.33. The molecule has 1 fully saturated rings. The van der Waals surface area contributed by atoms with Crippen LogP contribution in [0.5, 0.6) is 5.75 Å². The van der Waals surface area contributed by atoms with Crippen molar-refractivity contribution in [3.8, 4) is 5.75 Å². The minimum atomic E-state index is -1.15. The number of rotatable bonds is 5. The minimum Gasteiger partial charge on any atom is -0.485 e. The largest absolute Gasteiger partial charge is 0.485 e. The summed E-state index contributed by atoms with van der Waals surface area (Å²) in [5.41, 5.74) is -1.57. The summed E-state index contributed by atoms with van der Waals surface area (Å²) >= 11 is 0. The van der Waals surface area contributed by atoms with E-state index in [-0.39, 0.29) is 18.0 Å². The number of hydrogen-bond donors (Lipinski definition) is 2. The normalized spacial score (nSPS) is 22.3. The van der Waals surface area contributed by atoms with E-state index in [9.17, 15) is 19.1 Å². The van der Waals surface area contributed by atoms with Gasteiger partial charge in [0.15, 0.2) is 0 Å². The van der Waals surface area contributed by atoms with Crippen molar-refractivity contribution in [3.05, 3.63) is 64.3 Å². The van der Waals surface area contributed by atoms with E-state index in [1.54, 1.807) is 12.1 Å². The maximum atomic E-state index is 13.5. The molecule has 3 rings (SSSR count). The number of likely N-dealkylation sites (tertiary alicyclic amines) is 1. The Morgan fingerprint density at radius 3 is 2.86 bits per heavy atom. The summed E-state index contributed by atoms with van der Waals surface area (Å²) in [6.07, 6.45) is 1.52. The molecule has 2 N–H and O–H groups in total. The van der Waals surface area contributed by atoms with Crippen LogP contribution in [0.15, 0.2) is 47.4 Å². The van der Waals surface area contributed by atoms with Crippen molar-refractivity contribution < 1.29 is 19.0 Å². The van der Waals surface area contributed by atoms with Crippen LogP contribution in [-0.4, -0.2) is 45.7 Å². The van der Waals surface area contributed by atoms with E-state index >= 15 is 0 Å². The highest BCUT2D eigenvalue weighted by molar-refractivity contribution is 5.93. The standard InChI is InChI=1S/C21H25FN2O4/c1-14(2)12-21(27)8-10-24(20(26)17-7-4-9-23-19(17)25)13-18(21)28-16-6-3-5-15(22)11-16/h3-7,9,11,14,18,27H,8,10,12-13H2,1-2H3,(H,23,25)/t18-,21+/m0/s1. The van der Waals surface area contributed by atoms with E-state index in [2.05, 4.69) is 4.98 Å². The van der Waals surface area contributed by atoms with Gasteiger partial charge in [-0.05, 0) is 43.0 Å². The number of hydrogen-bond acceptors (Lipinski definition) is 4. The number of benzene rings is 1. The lowest BCUT2D eigenvalue weighted by Gasteiger charge is -2.45. The number of carbonyl (C=O) groups excluding carboxylic acids is 1. The molecule has 2 heterocycles. The Balaban J connectivity index is 1.85. The molecule has 1 aromatic carbocycles. The average molecular weight is 388 g/mol. The zero-order valence-electron chi connectivity index (χ0n) is 16.0. The molecule has 28 heavy (non-hydrogen) atoms.